The van der Waals surface area contributed by atoms with Crippen molar-refractivity contribution < 1.29 is 4.39 Å². The second-order valence-corrected chi connectivity index (χ2v) is 7.09. The van der Waals surface area contributed by atoms with Crippen molar-refractivity contribution in [2.24, 2.45) is 0 Å². The SMILES string of the molecule is CC(C)NN(C)Cc1c(C2CCC2)ccc(-c2cnc(N)cn2)c1F. The number of benzene rings is 1. The van der Waals surface area contributed by atoms with E-state index in [1.807, 2.05) is 18.1 Å². The maximum Gasteiger partial charge on any atom is 0.141 e. The van der Waals surface area contributed by atoms with Gasteiger partial charge >= 0.3 is 0 Å². The highest BCUT2D eigenvalue weighted by atomic mass is 19.1. The van der Waals surface area contributed by atoms with Crippen LogP contribution in [-0.4, -0.2) is 28.1 Å². The number of rotatable bonds is 6. The van der Waals surface area contributed by atoms with E-state index in [1.165, 1.54) is 18.8 Å². The molecular formula is C19H26FN5. The van der Waals surface area contributed by atoms with Gasteiger partial charge in [-0.3, -0.25) is 10.4 Å². The summed E-state index contributed by atoms with van der Waals surface area (Å²) in [6.07, 6.45) is 6.47. The van der Waals surface area contributed by atoms with Crippen LogP contribution in [0.3, 0.4) is 0 Å². The molecule has 1 aromatic heterocycles. The van der Waals surface area contributed by atoms with Gasteiger partial charge in [-0.25, -0.2) is 14.4 Å². The van der Waals surface area contributed by atoms with Crippen molar-refractivity contribution in [3.8, 4) is 11.3 Å². The number of nitrogen functional groups attached to an aromatic ring is 1. The second-order valence-electron chi connectivity index (χ2n) is 7.09. The van der Waals surface area contributed by atoms with E-state index in [-0.39, 0.29) is 5.82 Å². The molecule has 25 heavy (non-hydrogen) atoms. The molecule has 1 saturated carbocycles. The molecule has 3 N–H and O–H groups in total. The Kier molecular flexibility index (Phi) is 5.30. The van der Waals surface area contributed by atoms with E-state index in [1.54, 1.807) is 0 Å². The van der Waals surface area contributed by atoms with E-state index in [0.717, 1.165) is 24.0 Å². The number of anilines is 1. The molecule has 5 nitrogen and oxygen atoms in total. The largest absolute Gasteiger partial charge is 0.382 e. The smallest absolute Gasteiger partial charge is 0.141 e. The lowest BCUT2D eigenvalue weighted by atomic mass is 9.77. The normalized spacial score (nSPS) is 15.0. The third-order valence-corrected chi connectivity index (χ3v) is 4.65. The van der Waals surface area contributed by atoms with Gasteiger partial charge in [0.05, 0.1) is 18.1 Å². The summed E-state index contributed by atoms with van der Waals surface area (Å²) in [4.78, 5) is 8.27. The Balaban J connectivity index is 1.98. The van der Waals surface area contributed by atoms with Crippen LogP contribution >= 0.6 is 0 Å². The van der Waals surface area contributed by atoms with Crippen LogP contribution in [0, 0.1) is 5.82 Å². The average molecular weight is 343 g/mol. The van der Waals surface area contributed by atoms with Gasteiger partial charge in [-0.05, 0) is 44.2 Å². The molecule has 6 heteroatoms. The molecule has 0 spiro atoms. The summed E-state index contributed by atoms with van der Waals surface area (Å²) in [7, 11) is 1.94. The molecule has 1 heterocycles. The summed E-state index contributed by atoms with van der Waals surface area (Å²) >= 11 is 0. The quantitative estimate of drug-likeness (QED) is 0.786. The zero-order valence-electron chi connectivity index (χ0n) is 15.1. The first kappa shape index (κ1) is 17.8. The molecule has 0 atom stereocenters. The van der Waals surface area contributed by atoms with Crippen molar-refractivity contribution in [1.82, 2.24) is 20.4 Å². The summed E-state index contributed by atoms with van der Waals surface area (Å²) in [6.45, 7) is 4.65. The molecule has 1 aliphatic carbocycles. The Hall–Kier alpha value is -2.05. The number of nitrogens with two attached hydrogens (primary N) is 1. The van der Waals surface area contributed by atoms with Crippen molar-refractivity contribution in [3.63, 3.8) is 0 Å². The van der Waals surface area contributed by atoms with Gasteiger partial charge < -0.3 is 5.73 Å². The molecule has 0 unspecified atom stereocenters. The molecule has 1 fully saturated rings. The number of hydrogen-bond donors (Lipinski definition) is 2. The van der Waals surface area contributed by atoms with Crippen molar-refractivity contribution in [2.45, 2.75) is 51.6 Å². The summed E-state index contributed by atoms with van der Waals surface area (Å²) in [5.41, 5.74) is 11.7. The first-order chi connectivity index (χ1) is 12.0. The molecule has 0 aliphatic heterocycles. The summed E-state index contributed by atoms with van der Waals surface area (Å²) in [5.74, 6) is 0.584. The minimum atomic E-state index is -0.208. The van der Waals surface area contributed by atoms with Gasteiger partial charge in [-0.2, -0.15) is 0 Å². The first-order valence-electron chi connectivity index (χ1n) is 8.82. The van der Waals surface area contributed by atoms with Gasteiger partial charge in [0.2, 0.25) is 0 Å². The Morgan fingerprint density at radius 3 is 2.60 bits per heavy atom. The van der Waals surface area contributed by atoms with Crippen LogP contribution in [0.5, 0.6) is 0 Å². The minimum absolute atomic E-state index is 0.208. The zero-order chi connectivity index (χ0) is 18.0. The fraction of sp³-hybridized carbons (Fsp3) is 0.474. The molecule has 1 aromatic carbocycles. The van der Waals surface area contributed by atoms with Crippen molar-refractivity contribution in [1.29, 1.82) is 0 Å². The highest BCUT2D eigenvalue weighted by molar-refractivity contribution is 5.62. The Morgan fingerprint density at radius 2 is 2.04 bits per heavy atom. The van der Waals surface area contributed by atoms with Crippen molar-refractivity contribution >= 4 is 5.82 Å². The Morgan fingerprint density at radius 1 is 1.28 bits per heavy atom. The summed E-state index contributed by atoms with van der Waals surface area (Å²) < 4.78 is 15.4. The fourth-order valence-corrected chi connectivity index (χ4v) is 3.30. The van der Waals surface area contributed by atoms with Gasteiger partial charge in [-0.1, -0.05) is 12.5 Å². The lowest BCUT2D eigenvalue weighted by Gasteiger charge is -2.30. The second kappa shape index (κ2) is 7.45. The number of aromatic nitrogens is 2. The molecule has 0 saturated heterocycles. The Labute approximate surface area is 148 Å². The first-order valence-corrected chi connectivity index (χ1v) is 8.82. The number of nitrogens with zero attached hydrogens (tertiary/aromatic N) is 3. The zero-order valence-corrected chi connectivity index (χ0v) is 15.1. The monoisotopic (exact) mass is 343 g/mol. The van der Waals surface area contributed by atoms with Gasteiger partial charge in [0.1, 0.15) is 11.6 Å². The van der Waals surface area contributed by atoms with Crippen molar-refractivity contribution in [3.05, 3.63) is 41.5 Å². The molecular weight excluding hydrogens is 317 g/mol. The molecule has 1 aliphatic rings. The number of hydrogen-bond acceptors (Lipinski definition) is 5. The van der Waals surface area contributed by atoms with Crippen LogP contribution in [0.25, 0.3) is 11.3 Å². The van der Waals surface area contributed by atoms with Crippen molar-refractivity contribution in [2.75, 3.05) is 12.8 Å². The topological polar surface area (TPSA) is 67.1 Å². The van der Waals surface area contributed by atoms with Crippen LogP contribution < -0.4 is 11.2 Å². The van der Waals surface area contributed by atoms with Crippen LogP contribution in [0.1, 0.15) is 50.2 Å². The number of nitrogens with one attached hydrogen (secondary N) is 1. The van der Waals surface area contributed by atoms with Crippen LogP contribution in [0.2, 0.25) is 0 Å². The molecule has 0 bridgehead atoms. The molecule has 3 rings (SSSR count). The summed E-state index contributed by atoms with van der Waals surface area (Å²) in [6, 6.07) is 4.17. The van der Waals surface area contributed by atoms with Crippen LogP contribution in [0.15, 0.2) is 24.5 Å². The maximum atomic E-state index is 15.4. The van der Waals surface area contributed by atoms with Gasteiger partial charge in [0.25, 0.3) is 0 Å². The fourth-order valence-electron chi connectivity index (χ4n) is 3.30. The van der Waals surface area contributed by atoms with E-state index in [2.05, 4.69) is 35.3 Å². The molecule has 134 valence electrons. The third kappa shape index (κ3) is 3.96. The Bertz CT molecular complexity index is 725. The lowest BCUT2D eigenvalue weighted by Crippen LogP contribution is -2.39. The molecule has 0 amide bonds. The maximum absolute atomic E-state index is 15.4. The van der Waals surface area contributed by atoms with Crippen LogP contribution in [0.4, 0.5) is 10.2 Å². The van der Waals surface area contributed by atoms with Gasteiger partial charge in [0, 0.05) is 30.8 Å². The predicted octanol–water partition coefficient (Wildman–Crippen LogP) is 3.48. The molecule has 2 aromatic rings. The minimum Gasteiger partial charge on any atom is -0.382 e. The average Bonchev–Trinajstić information content (AvgIpc) is 2.49. The number of hydrazine groups is 1. The van der Waals surface area contributed by atoms with E-state index in [9.17, 15) is 0 Å². The van der Waals surface area contributed by atoms with E-state index in [4.69, 9.17) is 5.73 Å². The predicted molar refractivity (Wildman–Crippen MR) is 98.2 cm³/mol. The summed E-state index contributed by atoms with van der Waals surface area (Å²) in [5, 5.41) is 1.95. The van der Waals surface area contributed by atoms with E-state index >= 15 is 4.39 Å². The molecule has 0 radical (unpaired) electrons. The standard InChI is InChI=1S/C19H26FN5/c1-12(2)24-25(3)11-16-14(13-5-4-6-13)7-8-15(19(16)20)17-9-23-18(21)10-22-17/h7-10,12-13,24H,4-6,11H2,1-3H3,(H2,21,23). The van der Waals surface area contributed by atoms with Gasteiger partial charge in [0.15, 0.2) is 0 Å². The van der Waals surface area contributed by atoms with E-state index in [0.29, 0.717) is 35.6 Å². The van der Waals surface area contributed by atoms with E-state index < -0.39 is 0 Å². The number of halogens is 1. The highest BCUT2D eigenvalue weighted by Gasteiger charge is 2.26. The van der Waals surface area contributed by atoms with Gasteiger partial charge in [-0.15, -0.1) is 0 Å². The third-order valence-electron chi connectivity index (χ3n) is 4.65. The van der Waals surface area contributed by atoms with Crippen LogP contribution in [-0.2, 0) is 6.54 Å². The highest BCUT2D eigenvalue weighted by Crippen LogP contribution is 2.40. The lowest BCUT2D eigenvalue weighted by molar-refractivity contribution is 0.198.